The number of ether oxygens (including phenoxy) is 2. The quantitative estimate of drug-likeness (QED) is 0.501. The molecule has 1 aliphatic rings. The van der Waals surface area contributed by atoms with Gasteiger partial charge in [-0.1, -0.05) is 36.0 Å². The first-order valence-electron chi connectivity index (χ1n) is 8.85. The fraction of sp³-hybridized carbons (Fsp3) is 0.190. The van der Waals surface area contributed by atoms with Gasteiger partial charge < -0.3 is 14.8 Å². The van der Waals surface area contributed by atoms with E-state index in [1.54, 1.807) is 13.2 Å². The molecule has 6 nitrogen and oxygen atoms in total. The maximum Gasteiger partial charge on any atom is 0.247 e. The van der Waals surface area contributed by atoms with Crippen LogP contribution >= 0.6 is 11.8 Å². The molecule has 0 saturated heterocycles. The van der Waals surface area contributed by atoms with Crippen LogP contribution in [0.15, 0.2) is 60.3 Å². The molecule has 28 heavy (non-hydrogen) atoms. The summed E-state index contributed by atoms with van der Waals surface area (Å²) in [7, 11) is 1.67. The van der Waals surface area contributed by atoms with Crippen LogP contribution in [0.1, 0.15) is 17.4 Å². The van der Waals surface area contributed by atoms with Crippen molar-refractivity contribution >= 4 is 17.4 Å². The van der Waals surface area contributed by atoms with Crippen molar-refractivity contribution in [1.82, 2.24) is 15.2 Å². The lowest BCUT2D eigenvalue weighted by Crippen LogP contribution is -2.17. The van der Waals surface area contributed by atoms with Gasteiger partial charge in [0.05, 0.1) is 7.11 Å². The van der Waals surface area contributed by atoms with E-state index in [-0.39, 0.29) is 0 Å². The molecule has 0 radical (unpaired) electrons. The highest BCUT2D eigenvalue weighted by molar-refractivity contribution is 7.99. The van der Waals surface area contributed by atoms with Gasteiger partial charge in [-0.3, -0.25) is 0 Å². The van der Waals surface area contributed by atoms with Crippen LogP contribution in [0.2, 0.25) is 0 Å². The predicted molar refractivity (Wildman–Crippen MR) is 111 cm³/mol. The first kappa shape index (κ1) is 18.3. The third-order valence-electron chi connectivity index (χ3n) is 4.39. The number of aryl methyl sites for hydroxylation is 1. The Morgan fingerprint density at radius 3 is 2.89 bits per heavy atom. The predicted octanol–water partition coefficient (Wildman–Crippen LogP) is 4.64. The van der Waals surface area contributed by atoms with E-state index in [0.717, 1.165) is 28.1 Å². The average Bonchev–Trinajstić information content (AvgIpc) is 2.88. The number of hydrogen-bond donors (Lipinski definition) is 1. The molecule has 1 atom stereocenters. The van der Waals surface area contributed by atoms with Gasteiger partial charge in [-0.15, -0.1) is 16.8 Å². The van der Waals surface area contributed by atoms with E-state index in [1.165, 1.54) is 11.8 Å². The molecule has 0 fully saturated rings. The summed E-state index contributed by atoms with van der Waals surface area (Å²) in [4.78, 5) is 4.60. The summed E-state index contributed by atoms with van der Waals surface area (Å²) in [5.74, 6) is 2.00. The second-order valence-corrected chi connectivity index (χ2v) is 7.25. The van der Waals surface area contributed by atoms with Gasteiger partial charge >= 0.3 is 0 Å². The van der Waals surface area contributed by atoms with Crippen molar-refractivity contribution in [2.75, 3.05) is 18.2 Å². The van der Waals surface area contributed by atoms with Crippen molar-refractivity contribution in [3.63, 3.8) is 0 Å². The van der Waals surface area contributed by atoms with Crippen LogP contribution in [0.5, 0.6) is 11.6 Å². The number of methoxy groups -OCH3 is 1. The van der Waals surface area contributed by atoms with Gasteiger partial charge in [-0.2, -0.15) is 4.98 Å². The van der Waals surface area contributed by atoms with Gasteiger partial charge in [-0.05, 0) is 36.8 Å². The third kappa shape index (κ3) is 3.53. The molecule has 0 aliphatic carbocycles. The smallest absolute Gasteiger partial charge is 0.247 e. The van der Waals surface area contributed by atoms with Gasteiger partial charge in [0, 0.05) is 22.6 Å². The number of fused-ring (bicyclic) bond motifs is 3. The number of anilines is 1. The minimum Gasteiger partial charge on any atom is -0.496 e. The highest BCUT2D eigenvalue weighted by Crippen LogP contribution is 2.39. The van der Waals surface area contributed by atoms with E-state index < -0.39 is 6.23 Å². The summed E-state index contributed by atoms with van der Waals surface area (Å²) in [6, 6.07) is 13.9. The minimum absolute atomic E-state index is 0.416. The molecule has 4 rings (SSSR count). The Labute approximate surface area is 168 Å². The molecule has 2 aromatic carbocycles. The molecule has 0 bridgehead atoms. The number of hydrogen-bond acceptors (Lipinski definition) is 7. The Hall–Kier alpha value is -3.06. The lowest BCUT2D eigenvalue weighted by molar-refractivity contribution is 0.225. The summed E-state index contributed by atoms with van der Waals surface area (Å²) in [6.45, 7) is 5.74. The van der Waals surface area contributed by atoms with Crippen molar-refractivity contribution in [1.29, 1.82) is 0 Å². The molecule has 3 aromatic rings. The zero-order chi connectivity index (χ0) is 19.5. The maximum atomic E-state index is 6.27. The van der Waals surface area contributed by atoms with Gasteiger partial charge in [0.25, 0.3) is 0 Å². The summed E-state index contributed by atoms with van der Waals surface area (Å²) in [6.07, 6.45) is 1.39. The van der Waals surface area contributed by atoms with Crippen molar-refractivity contribution in [2.24, 2.45) is 0 Å². The molecule has 7 heteroatoms. The van der Waals surface area contributed by atoms with Crippen LogP contribution in [0.4, 0.5) is 5.69 Å². The highest BCUT2D eigenvalue weighted by Gasteiger charge is 2.26. The number of benzene rings is 2. The second-order valence-electron chi connectivity index (χ2n) is 6.26. The van der Waals surface area contributed by atoms with Crippen LogP contribution in [0.25, 0.3) is 11.3 Å². The summed E-state index contributed by atoms with van der Waals surface area (Å²) >= 11 is 1.47. The van der Waals surface area contributed by atoms with Gasteiger partial charge in [-0.25, -0.2) is 0 Å². The number of thioether (sulfide) groups is 1. The van der Waals surface area contributed by atoms with E-state index in [1.807, 2.05) is 49.4 Å². The number of nitrogens with zero attached hydrogens (tertiary/aromatic N) is 3. The van der Waals surface area contributed by atoms with Crippen molar-refractivity contribution in [2.45, 2.75) is 18.3 Å². The molecule has 142 valence electrons. The monoisotopic (exact) mass is 392 g/mol. The molecular formula is C21H20N4O2S. The molecule has 1 unspecified atom stereocenters. The van der Waals surface area contributed by atoms with E-state index in [9.17, 15) is 0 Å². The molecule has 0 amide bonds. The summed E-state index contributed by atoms with van der Waals surface area (Å²) < 4.78 is 11.6. The second kappa shape index (κ2) is 7.90. The maximum absolute atomic E-state index is 6.27. The van der Waals surface area contributed by atoms with E-state index >= 15 is 0 Å². The first-order valence-corrected chi connectivity index (χ1v) is 9.83. The zero-order valence-electron chi connectivity index (χ0n) is 15.7. The Morgan fingerprint density at radius 1 is 1.25 bits per heavy atom. The SMILES string of the molecule is C=CCSc1nnc2c(n1)OC(c1ccc(OC)c(C)c1)Nc1ccccc1-2. The molecule has 0 saturated carbocycles. The first-order chi connectivity index (χ1) is 13.7. The molecule has 2 heterocycles. The lowest BCUT2D eigenvalue weighted by Gasteiger charge is -2.20. The lowest BCUT2D eigenvalue weighted by atomic mass is 10.1. The average molecular weight is 392 g/mol. The van der Waals surface area contributed by atoms with E-state index in [2.05, 4.69) is 27.1 Å². The summed E-state index contributed by atoms with van der Waals surface area (Å²) in [5.41, 5.74) is 4.46. The fourth-order valence-corrected chi connectivity index (χ4v) is 3.57. The van der Waals surface area contributed by atoms with Crippen molar-refractivity contribution in [3.8, 4) is 22.9 Å². The van der Waals surface area contributed by atoms with Gasteiger partial charge in [0.1, 0.15) is 5.75 Å². The van der Waals surface area contributed by atoms with Crippen molar-refractivity contribution < 1.29 is 9.47 Å². The summed E-state index contributed by atoms with van der Waals surface area (Å²) in [5, 5.41) is 12.6. The highest BCUT2D eigenvalue weighted by atomic mass is 32.2. The molecule has 1 N–H and O–H groups in total. The van der Waals surface area contributed by atoms with Crippen LogP contribution in [0, 0.1) is 6.92 Å². The third-order valence-corrected chi connectivity index (χ3v) is 5.22. The van der Waals surface area contributed by atoms with E-state index in [4.69, 9.17) is 9.47 Å². The Morgan fingerprint density at radius 2 is 2.11 bits per heavy atom. The normalized spacial score (nSPS) is 14.7. The van der Waals surface area contributed by atoms with Gasteiger partial charge in [0.2, 0.25) is 11.0 Å². The molecular weight excluding hydrogens is 372 g/mol. The number of para-hydroxylation sites is 1. The Balaban J connectivity index is 1.78. The number of aromatic nitrogens is 3. The van der Waals surface area contributed by atoms with Crippen LogP contribution in [0.3, 0.4) is 0 Å². The molecule has 1 aromatic heterocycles. The zero-order valence-corrected chi connectivity index (χ0v) is 16.5. The number of rotatable bonds is 5. The minimum atomic E-state index is -0.416. The van der Waals surface area contributed by atoms with Crippen LogP contribution in [-0.4, -0.2) is 28.0 Å². The van der Waals surface area contributed by atoms with Crippen LogP contribution < -0.4 is 14.8 Å². The molecule has 0 spiro atoms. The van der Waals surface area contributed by atoms with Gasteiger partial charge in [0.15, 0.2) is 11.9 Å². The molecule has 1 aliphatic heterocycles. The Bertz CT molecular complexity index is 1030. The van der Waals surface area contributed by atoms with Crippen molar-refractivity contribution in [3.05, 3.63) is 66.2 Å². The van der Waals surface area contributed by atoms with Crippen LogP contribution in [-0.2, 0) is 0 Å². The number of nitrogens with one attached hydrogen (secondary N) is 1. The standard InChI is InChI=1S/C21H20N4O2S/c1-4-11-28-21-23-20-18(24-25-21)15-7-5-6-8-16(15)22-19(27-20)14-9-10-17(26-3)13(2)12-14/h4-10,12,19,22H,1,11H2,2-3H3. The topological polar surface area (TPSA) is 69.2 Å². The fourth-order valence-electron chi connectivity index (χ4n) is 3.06. The Kier molecular flexibility index (Phi) is 5.16. The van der Waals surface area contributed by atoms with E-state index in [0.29, 0.717) is 22.5 Å². The largest absolute Gasteiger partial charge is 0.496 e.